The number of nitrogens with zero attached hydrogens (tertiary/aromatic N) is 1. The highest BCUT2D eigenvalue weighted by Crippen LogP contribution is 2.11. The maximum Gasteiger partial charge on any atom is 0.239 e. The van der Waals surface area contributed by atoms with Crippen LogP contribution in [0.25, 0.3) is 0 Å². The van der Waals surface area contributed by atoms with Crippen LogP contribution in [0.4, 0.5) is 0 Å². The van der Waals surface area contributed by atoms with Crippen LogP contribution in [-0.2, 0) is 11.3 Å². The fraction of sp³-hybridized carbons (Fsp3) is 0.467. The van der Waals surface area contributed by atoms with E-state index in [9.17, 15) is 4.79 Å². The molecular weight excluding hydrogens is 288 g/mol. The first-order valence-corrected chi connectivity index (χ1v) is 7.56. The molecule has 0 aromatic heterocycles. The number of carbonyl (C=O) groups excluding carboxylic acids is 1. The van der Waals surface area contributed by atoms with Crippen LogP contribution in [0.3, 0.4) is 0 Å². The minimum atomic E-state index is -0.0368. The Morgan fingerprint density at radius 2 is 2.05 bits per heavy atom. The van der Waals surface area contributed by atoms with Crippen LogP contribution < -0.4 is 16.0 Å². The Balaban J connectivity index is 2.51. The van der Waals surface area contributed by atoms with Gasteiger partial charge in [0.15, 0.2) is 5.96 Å². The van der Waals surface area contributed by atoms with Crippen molar-refractivity contribution in [3.8, 4) is 0 Å². The Kier molecular flexibility index (Phi) is 8.28. The van der Waals surface area contributed by atoms with Crippen LogP contribution in [-0.4, -0.2) is 31.5 Å². The number of hydrogen-bond acceptors (Lipinski definition) is 2. The summed E-state index contributed by atoms with van der Waals surface area (Å²) in [7, 11) is 0. The zero-order chi connectivity index (χ0) is 15.5. The van der Waals surface area contributed by atoms with E-state index >= 15 is 0 Å². The van der Waals surface area contributed by atoms with Crippen molar-refractivity contribution in [3.63, 3.8) is 0 Å². The molecule has 1 amide bonds. The van der Waals surface area contributed by atoms with Crippen molar-refractivity contribution in [2.24, 2.45) is 4.99 Å². The van der Waals surface area contributed by atoms with Crippen LogP contribution in [0.5, 0.6) is 0 Å². The number of nitrogens with one attached hydrogen (secondary N) is 3. The van der Waals surface area contributed by atoms with E-state index < -0.39 is 0 Å². The molecule has 0 spiro atoms. The largest absolute Gasteiger partial charge is 0.357 e. The van der Waals surface area contributed by atoms with Gasteiger partial charge in [-0.15, -0.1) is 0 Å². The first kappa shape index (κ1) is 17.3. The molecule has 1 rings (SSSR count). The van der Waals surface area contributed by atoms with Crippen LogP contribution in [0.1, 0.15) is 25.8 Å². The monoisotopic (exact) mass is 310 g/mol. The summed E-state index contributed by atoms with van der Waals surface area (Å²) >= 11 is 5.94. The van der Waals surface area contributed by atoms with E-state index in [0.717, 1.165) is 18.5 Å². The van der Waals surface area contributed by atoms with E-state index in [1.54, 1.807) is 0 Å². The van der Waals surface area contributed by atoms with E-state index in [-0.39, 0.29) is 12.5 Å². The number of rotatable bonds is 7. The topological polar surface area (TPSA) is 65.5 Å². The quantitative estimate of drug-likeness (QED) is 0.532. The molecule has 0 aliphatic heterocycles. The molecule has 0 atom stereocenters. The first-order valence-electron chi connectivity index (χ1n) is 7.19. The molecule has 0 aliphatic carbocycles. The molecule has 116 valence electrons. The second-order valence-corrected chi connectivity index (χ2v) is 4.97. The van der Waals surface area contributed by atoms with Crippen LogP contribution in [0.15, 0.2) is 29.3 Å². The van der Waals surface area contributed by atoms with Gasteiger partial charge < -0.3 is 16.0 Å². The molecule has 0 aliphatic rings. The zero-order valence-electron chi connectivity index (χ0n) is 12.6. The Bertz CT molecular complexity index is 476. The molecule has 1 aromatic rings. The molecule has 5 nitrogen and oxygen atoms in total. The van der Waals surface area contributed by atoms with E-state index in [2.05, 4.69) is 20.9 Å². The molecule has 0 heterocycles. The van der Waals surface area contributed by atoms with Gasteiger partial charge in [0.05, 0.1) is 13.1 Å². The average Bonchev–Trinajstić information content (AvgIpc) is 2.48. The molecule has 0 bridgehead atoms. The third-order valence-electron chi connectivity index (χ3n) is 2.64. The predicted octanol–water partition coefficient (Wildman–Crippen LogP) is 1.92. The summed E-state index contributed by atoms with van der Waals surface area (Å²) in [5.74, 6) is 0.578. The number of halogens is 1. The van der Waals surface area contributed by atoms with Crippen molar-refractivity contribution >= 4 is 23.5 Å². The number of amides is 1. The lowest BCUT2D eigenvalue weighted by atomic mass is 10.2. The summed E-state index contributed by atoms with van der Waals surface area (Å²) in [5.41, 5.74) is 1.02. The van der Waals surface area contributed by atoms with Gasteiger partial charge in [-0.1, -0.05) is 30.7 Å². The average molecular weight is 311 g/mol. The van der Waals surface area contributed by atoms with E-state index in [1.165, 1.54) is 0 Å². The number of aliphatic imine (C=N–C) groups is 1. The van der Waals surface area contributed by atoms with Gasteiger partial charge >= 0.3 is 0 Å². The highest BCUT2D eigenvalue weighted by atomic mass is 35.5. The molecule has 1 aromatic carbocycles. The van der Waals surface area contributed by atoms with Gasteiger partial charge in [0.2, 0.25) is 5.91 Å². The second kappa shape index (κ2) is 10.0. The molecule has 0 unspecified atom stereocenters. The highest BCUT2D eigenvalue weighted by Gasteiger charge is 2.02. The Hall–Kier alpha value is -1.75. The van der Waals surface area contributed by atoms with Crippen molar-refractivity contribution in [2.75, 3.05) is 19.6 Å². The molecule has 0 saturated heterocycles. The number of guanidine groups is 1. The fourth-order valence-electron chi connectivity index (χ4n) is 1.64. The third kappa shape index (κ3) is 7.56. The first-order chi connectivity index (χ1) is 10.2. The number of benzene rings is 1. The van der Waals surface area contributed by atoms with Crippen LogP contribution in [0.2, 0.25) is 5.02 Å². The maximum absolute atomic E-state index is 11.6. The van der Waals surface area contributed by atoms with Gasteiger partial charge in [-0.3, -0.25) is 4.79 Å². The van der Waals surface area contributed by atoms with Crippen molar-refractivity contribution in [1.82, 2.24) is 16.0 Å². The minimum absolute atomic E-state index is 0.0368. The Morgan fingerprint density at radius 1 is 1.24 bits per heavy atom. The van der Waals surface area contributed by atoms with Gasteiger partial charge in [0.25, 0.3) is 0 Å². The minimum Gasteiger partial charge on any atom is -0.357 e. The van der Waals surface area contributed by atoms with Crippen LogP contribution >= 0.6 is 11.6 Å². The highest BCUT2D eigenvalue weighted by molar-refractivity contribution is 6.30. The predicted molar refractivity (Wildman–Crippen MR) is 87.6 cm³/mol. The summed E-state index contributed by atoms with van der Waals surface area (Å²) in [6, 6.07) is 7.57. The fourth-order valence-corrected chi connectivity index (χ4v) is 1.85. The Labute approximate surface area is 131 Å². The zero-order valence-corrected chi connectivity index (χ0v) is 13.3. The maximum atomic E-state index is 11.6. The van der Waals surface area contributed by atoms with Crippen molar-refractivity contribution in [2.45, 2.75) is 26.8 Å². The molecule has 6 heteroatoms. The van der Waals surface area contributed by atoms with Gasteiger partial charge in [-0.2, -0.15) is 0 Å². The lowest BCUT2D eigenvalue weighted by Crippen LogP contribution is -2.43. The van der Waals surface area contributed by atoms with Crippen molar-refractivity contribution in [1.29, 1.82) is 0 Å². The molecule has 0 fully saturated rings. The van der Waals surface area contributed by atoms with E-state index in [0.29, 0.717) is 24.1 Å². The molecule has 0 radical (unpaired) electrons. The van der Waals surface area contributed by atoms with Crippen molar-refractivity contribution < 1.29 is 4.79 Å². The molecule has 0 saturated carbocycles. The lowest BCUT2D eigenvalue weighted by Gasteiger charge is -2.11. The standard InChI is InChI=1S/C15H23ClN4O/c1-3-8-18-14(21)11-20-15(17-4-2)19-10-12-6-5-7-13(16)9-12/h5-7,9H,3-4,8,10-11H2,1-2H3,(H,18,21)(H2,17,19,20). The van der Waals surface area contributed by atoms with E-state index in [1.807, 2.05) is 38.1 Å². The lowest BCUT2D eigenvalue weighted by molar-refractivity contribution is -0.120. The summed E-state index contributed by atoms with van der Waals surface area (Å²) < 4.78 is 0. The third-order valence-corrected chi connectivity index (χ3v) is 2.88. The summed E-state index contributed by atoms with van der Waals surface area (Å²) in [6.45, 7) is 6.14. The molecular formula is C15H23ClN4O. The Morgan fingerprint density at radius 3 is 2.71 bits per heavy atom. The normalized spacial score (nSPS) is 11.1. The van der Waals surface area contributed by atoms with Gasteiger partial charge in [-0.25, -0.2) is 4.99 Å². The number of carbonyl (C=O) groups is 1. The SMILES string of the molecule is CCCNC(=O)CNC(=NCc1cccc(Cl)c1)NCC. The summed E-state index contributed by atoms with van der Waals surface area (Å²) in [6.07, 6.45) is 0.925. The summed E-state index contributed by atoms with van der Waals surface area (Å²) in [4.78, 5) is 16.0. The smallest absolute Gasteiger partial charge is 0.239 e. The van der Waals surface area contributed by atoms with Gasteiger partial charge in [0, 0.05) is 18.1 Å². The van der Waals surface area contributed by atoms with Gasteiger partial charge in [-0.05, 0) is 31.0 Å². The summed E-state index contributed by atoms with van der Waals surface area (Å²) in [5, 5.41) is 9.62. The molecule has 21 heavy (non-hydrogen) atoms. The molecule has 3 N–H and O–H groups in total. The van der Waals surface area contributed by atoms with Crippen LogP contribution in [0, 0.1) is 0 Å². The van der Waals surface area contributed by atoms with E-state index in [4.69, 9.17) is 11.6 Å². The van der Waals surface area contributed by atoms with Crippen molar-refractivity contribution in [3.05, 3.63) is 34.9 Å². The van der Waals surface area contributed by atoms with Gasteiger partial charge in [0.1, 0.15) is 0 Å². The number of hydrogen-bond donors (Lipinski definition) is 3. The second-order valence-electron chi connectivity index (χ2n) is 4.53.